The fraction of sp³-hybridized carbons (Fsp3) is 0.333. The molecule has 0 bridgehead atoms. The van der Waals surface area contributed by atoms with Gasteiger partial charge in [0.25, 0.3) is 5.69 Å². The van der Waals surface area contributed by atoms with Crippen LogP contribution in [-0.2, 0) is 13.0 Å². The van der Waals surface area contributed by atoms with Crippen LogP contribution in [0.4, 0.5) is 5.69 Å². The molecule has 0 saturated heterocycles. The van der Waals surface area contributed by atoms with Gasteiger partial charge in [0, 0.05) is 33.6 Å². The lowest BCUT2D eigenvalue weighted by atomic mass is 9.94. The molecule has 1 aromatic heterocycles. The third-order valence-corrected chi connectivity index (χ3v) is 5.32. The maximum Gasteiger partial charge on any atom is 0.273 e. The van der Waals surface area contributed by atoms with Gasteiger partial charge in [0.05, 0.1) is 4.92 Å². The number of nitrogens with zero attached hydrogens (tertiary/aromatic N) is 1. The first-order chi connectivity index (χ1) is 10.1. The van der Waals surface area contributed by atoms with E-state index in [9.17, 15) is 10.1 Å². The minimum Gasteiger partial charge on any atom is -0.306 e. The van der Waals surface area contributed by atoms with Crippen molar-refractivity contribution >= 4 is 33.0 Å². The summed E-state index contributed by atoms with van der Waals surface area (Å²) in [6, 6.07) is 7.56. The number of rotatable bonds is 4. The molecule has 110 valence electrons. The quantitative estimate of drug-likeness (QED) is 0.635. The highest BCUT2D eigenvalue weighted by Crippen LogP contribution is 2.34. The van der Waals surface area contributed by atoms with Crippen molar-refractivity contribution in [3.05, 3.63) is 60.2 Å². The number of nitro benzene ring substituents is 1. The Morgan fingerprint density at radius 3 is 3.10 bits per heavy atom. The van der Waals surface area contributed by atoms with Crippen LogP contribution in [0.15, 0.2) is 34.1 Å². The maximum atomic E-state index is 11.1. The Labute approximate surface area is 135 Å². The highest BCUT2D eigenvalue weighted by atomic mass is 79.9. The molecule has 1 aliphatic rings. The summed E-state index contributed by atoms with van der Waals surface area (Å²) in [4.78, 5) is 12.2. The van der Waals surface area contributed by atoms with Gasteiger partial charge in [-0.2, -0.15) is 0 Å². The second kappa shape index (κ2) is 6.25. The number of fused-ring (bicyclic) bond motifs is 1. The summed E-state index contributed by atoms with van der Waals surface area (Å²) in [5.41, 5.74) is 2.26. The minimum atomic E-state index is -0.319. The summed E-state index contributed by atoms with van der Waals surface area (Å²) in [5.74, 6) is 0. The molecule has 1 aliphatic carbocycles. The van der Waals surface area contributed by atoms with Crippen LogP contribution in [0, 0.1) is 10.1 Å². The van der Waals surface area contributed by atoms with E-state index in [1.807, 2.05) is 6.07 Å². The van der Waals surface area contributed by atoms with Crippen LogP contribution in [-0.4, -0.2) is 4.92 Å². The van der Waals surface area contributed by atoms with Crippen molar-refractivity contribution in [1.29, 1.82) is 0 Å². The van der Waals surface area contributed by atoms with Crippen molar-refractivity contribution in [2.45, 2.75) is 31.8 Å². The molecule has 3 rings (SSSR count). The van der Waals surface area contributed by atoms with Crippen LogP contribution in [0.3, 0.4) is 0 Å². The fourth-order valence-electron chi connectivity index (χ4n) is 2.81. The lowest BCUT2D eigenvalue weighted by Crippen LogP contribution is -2.24. The zero-order chi connectivity index (χ0) is 14.8. The first-order valence-electron chi connectivity index (χ1n) is 6.87. The molecule has 0 amide bonds. The molecule has 0 saturated carbocycles. The van der Waals surface area contributed by atoms with E-state index in [1.165, 1.54) is 16.9 Å². The Hall–Kier alpha value is -1.24. The van der Waals surface area contributed by atoms with Crippen molar-refractivity contribution in [2.24, 2.45) is 0 Å². The number of aryl methyl sites for hydroxylation is 1. The molecule has 4 nitrogen and oxygen atoms in total. The Morgan fingerprint density at radius 1 is 1.43 bits per heavy atom. The molecule has 0 fully saturated rings. The number of halogens is 1. The van der Waals surface area contributed by atoms with Gasteiger partial charge in [0.15, 0.2) is 0 Å². The number of benzene rings is 1. The zero-order valence-electron chi connectivity index (χ0n) is 11.3. The summed E-state index contributed by atoms with van der Waals surface area (Å²) < 4.78 is 0.866. The molecule has 1 atom stereocenters. The minimum absolute atomic E-state index is 0.173. The number of nitro groups is 1. The van der Waals surface area contributed by atoms with Gasteiger partial charge in [-0.05, 0) is 48.4 Å². The van der Waals surface area contributed by atoms with Crippen molar-refractivity contribution in [1.82, 2.24) is 5.32 Å². The molecule has 0 radical (unpaired) electrons. The third kappa shape index (κ3) is 3.17. The number of hydrogen-bond acceptors (Lipinski definition) is 4. The molecule has 0 spiro atoms. The second-order valence-electron chi connectivity index (χ2n) is 5.15. The molecule has 1 aromatic carbocycles. The molecule has 6 heteroatoms. The van der Waals surface area contributed by atoms with E-state index in [-0.39, 0.29) is 10.6 Å². The number of nitrogens with one attached hydrogen (secondary N) is 1. The standard InChI is InChI=1S/C15H15BrN2O2S/c16-11-4-5-14(18(19)20)10(8-11)9-17-13-2-1-3-15-12(13)6-7-21-15/h4-8,13,17H,1-3,9H2. The van der Waals surface area contributed by atoms with E-state index in [2.05, 4.69) is 32.7 Å². The Balaban J connectivity index is 1.77. The van der Waals surface area contributed by atoms with Crippen LogP contribution in [0.25, 0.3) is 0 Å². The van der Waals surface area contributed by atoms with E-state index >= 15 is 0 Å². The summed E-state index contributed by atoms with van der Waals surface area (Å²) in [6.07, 6.45) is 3.42. The molecule has 1 unspecified atom stereocenters. The first-order valence-corrected chi connectivity index (χ1v) is 8.55. The molecule has 0 aliphatic heterocycles. The van der Waals surface area contributed by atoms with Gasteiger partial charge in [0.1, 0.15) is 0 Å². The molecular weight excluding hydrogens is 352 g/mol. The van der Waals surface area contributed by atoms with Crippen molar-refractivity contribution in [2.75, 3.05) is 0 Å². The smallest absolute Gasteiger partial charge is 0.273 e. The van der Waals surface area contributed by atoms with E-state index in [0.717, 1.165) is 22.9 Å². The van der Waals surface area contributed by atoms with Gasteiger partial charge < -0.3 is 5.32 Å². The average Bonchev–Trinajstić information content (AvgIpc) is 2.93. The van der Waals surface area contributed by atoms with Gasteiger partial charge in [-0.25, -0.2) is 0 Å². The topological polar surface area (TPSA) is 55.2 Å². The highest BCUT2D eigenvalue weighted by molar-refractivity contribution is 9.10. The summed E-state index contributed by atoms with van der Waals surface area (Å²) in [5, 5.41) is 16.7. The lowest BCUT2D eigenvalue weighted by Gasteiger charge is -2.23. The fourth-order valence-corrected chi connectivity index (χ4v) is 4.20. The molecular formula is C15H15BrN2O2S. The largest absolute Gasteiger partial charge is 0.306 e. The Morgan fingerprint density at radius 2 is 2.29 bits per heavy atom. The normalized spacial score (nSPS) is 17.5. The van der Waals surface area contributed by atoms with Crippen LogP contribution >= 0.6 is 27.3 Å². The summed E-state index contributed by atoms with van der Waals surface area (Å²) >= 11 is 5.19. The van der Waals surface area contributed by atoms with Gasteiger partial charge >= 0.3 is 0 Å². The van der Waals surface area contributed by atoms with Crippen molar-refractivity contribution in [3.8, 4) is 0 Å². The Kier molecular flexibility index (Phi) is 4.37. The van der Waals surface area contributed by atoms with E-state index in [0.29, 0.717) is 12.6 Å². The van der Waals surface area contributed by atoms with Crippen LogP contribution in [0.1, 0.15) is 34.9 Å². The lowest BCUT2D eigenvalue weighted by molar-refractivity contribution is -0.385. The first kappa shape index (κ1) is 14.7. The number of thiophene rings is 1. The summed E-state index contributed by atoms with van der Waals surface area (Å²) in [7, 11) is 0. The van der Waals surface area contributed by atoms with Crippen molar-refractivity contribution < 1.29 is 4.92 Å². The highest BCUT2D eigenvalue weighted by Gasteiger charge is 2.22. The number of hydrogen-bond donors (Lipinski definition) is 1. The van der Waals surface area contributed by atoms with Crippen LogP contribution < -0.4 is 5.32 Å². The monoisotopic (exact) mass is 366 g/mol. The van der Waals surface area contributed by atoms with Crippen LogP contribution in [0.5, 0.6) is 0 Å². The van der Waals surface area contributed by atoms with E-state index < -0.39 is 0 Å². The average molecular weight is 367 g/mol. The van der Waals surface area contributed by atoms with Crippen molar-refractivity contribution in [3.63, 3.8) is 0 Å². The second-order valence-corrected chi connectivity index (χ2v) is 7.07. The van der Waals surface area contributed by atoms with Gasteiger partial charge in [0.2, 0.25) is 0 Å². The SMILES string of the molecule is O=[N+]([O-])c1ccc(Br)cc1CNC1CCCc2sccc21. The molecule has 1 N–H and O–H groups in total. The Bertz CT molecular complexity index is 671. The molecule has 21 heavy (non-hydrogen) atoms. The van der Waals surface area contributed by atoms with Gasteiger partial charge in [-0.1, -0.05) is 15.9 Å². The van der Waals surface area contributed by atoms with Gasteiger partial charge in [-0.3, -0.25) is 10.1 Å². The van der Waals surface area contributed by atoms with E-state index in [1.54, 1.807) is 23.5 Å². The van der Waals surface area contributed by atoms with E-state index in [4.69, 9.17) is 0 Å². The molecule has 2 aromatic rings. The predicted molar refractivity (Wildman–Crippen MR) is 87.6 cm³/mol. The third-order valence-electron chi connectivity index (χ3n) is 3.83. The predicted octanol–water partition coefficient (Wildman–Crippen LogP) is 4.59. The molecule has 1 heterocycles. The maximum absolute atomic E-state index is 11.1. The van der Waals surface area contributed by atoms with Crippen LogP contribution in [0.2, 0.25) is 0 Å². The zero-order valence-corrected chi connectivity index (χ0v) is 13.7. The summed E-state index contributed by atoms with van der Waals surface area (Å²) in [6.45, 7) is 0.510. The van der Waals surface area contributed by atoms with Gasteiger partial charge in [-0.15, -0.1) is 11.3 Å².